The minimum absolute atomic E-state index is 0.188. The molecular formula is C5H14N2O2. The van der Waals surface area contributed by atoms with Crippen molar-refractivity contribution < 1.29 is 10.4 Å². The van der Waals surface area contributed by atoms with Crippen LogP contribution in [0.5, 0.6) is 0 Å². The summed E-state index contributed by atoms with van der Waals surface area (Å²) in [5.74, 6) is 0. The fourth-order valence-electron chi connectivity index (χ4n) is 0.388. The molecule has 0 aliphatic rings. The van der Waals surface area contributed by atoms with Crippen molar-refractivity contribution >= 4 is 0 Å². The molecule has 0 amide bonds. The zero-order valence-corrected chi connectivity index (χ0v) is 5.91. The van der Waals surface area contributed by atoms with Crippen molar-refractivity contribution in [1.29, 1.82) is 0 Å². The Labute approximate surface area is 55.2 Å². The van der Waals surface area contributed by atoms with Gasteiger partial charge in [-0.3, -0.25) is 0 Å². The third-order valence-corrected chi connectivity index (χ3v) is 1.06. The minimum Gasteiger partial charge on any atom is -0.313 e. The fraction of sp³-hybridized carbons (Fsp3) is 1.00. The molecule has 0 fully saturated rings. The summed E-state index contributed by atoms with van der Waals surface area (Å²) in [5.41, 5.74) is 0. The van der Waals surface area contributed by atoms with Crippen LogP contribution in [0.25, 0.3) is 0 Å². The number of hydroxylamine groups is 4. The summed E-state index contributed by atoms with van der Waals surface area (Å²) in [6, 6.07) is 0. The van der Waals surface area contributed by atoms with Gasteiger partial charge in [0.2, 0.25) is 0 Å². The second kappa shape index (κ2) is 4.69. The molecule has 0 bridgehead atoms. The summed E-state index contributed by atoms with van der Waals surface area (Å²) in [6.45, 7) is 4.86. The lowest BCUT2D eigenvalue weighted by molar-refractivity contribution is -0.200. The molecule has 0 radical (unpaired) electrons. The van der Waals surface area contributed by atoms with E-state index < -0.39 is 0 Å². The molecule has 9 heavy (non-hydrogen) atoms. The Kier molecular flexibility index (Phi) is 4.61. The van der Waals surface area contributed by atoms with Gasteiger partial charge in [-0.25, -0.2) is 0 Å². The van der Waals surface area contributed by atoms with Crippen LogP contribution in [0, 0.1) is 0 Å². The topological polar surface area (TPSA) is 46.9 Å². The fourth-order valence-corrected chi connectivity index (χ4v) is 0.388. The van der Waals surface area contributed by atoms with Gasteiger partial charge in [-0.15, -0.1) is 0 Å². The molecule has 0 saturated heterocycles. The molecule has 0 unspecified atom stereocenters. The van der Waals surface area contributed by atoms with E-state index in [4.69, 9.17) is 10.4 Å². The third kappa shape index (κ3) is 4.35. The minimum atomic E-state index is 0.188. The zero-order valence-electron chi connectivity index (χ0n) is 5.91. The normalized spacial score (nSPS) is 11.3. The summed E-state index contributed by atoms with van der Waals surface area (Å²) in [6.07, 6.45) is 0. The lowest BCUT2D eigenvalue weighted by Crippen LogP contribution is -2.33. The van der Waals surface area contributed by atoms with Crippen LogP contribution in [-0.4, -0.2) is 40.3 Å². The number of hydrogen-bond acceptors (Lipinski definition) is 4. The highest BCUT2D eigenvalue weighted by Crippen LogP contribution is 1.84. The van der Waals surface area contributed by atoms with Crippen LogP contribution in [0.2, 0.25) is 0 Å². The molecule has 0 atom stereocenters. The first-order valence-corrected chi connectivity index (χ1v) is 3.08. The van der Waals surface area contributed by atoms with Crippen LogP contribution in [0.1, 0.15) is 13.8 Å². The van der Waals surface area contributed by atoms with Gasteiger partial charge in [-0.2, -0.15) is 10.1 Å². The number of rotatable bonds is 4. The Morgan fingerprint density at radius 3 is 1.56 bits per heavy atom. The summed E-state index contributed by atoms with van der Waals surface area (Å²) >= 11 is 0. The van der Waals surface area contributed by atoms with Crippen molar-refractivity contribution in [3.63, 3.8) is 0 Å². The third-order valence-electron chi connectivity index (χ3n) is 1.06. The molecule has 0 heterocycles. The molecule has 4 nitrogen and oxygen atoms in total. The molecule has 0 aliphatic carbocycles. The van der Waals surface area contributed by atoms with E-state index in [1.165, 1.54) is 0 Å². The number of hydrogen-bond donors (Lipinski definition) is 2. The second-order valence-corrected chi connectivity index (χ2v) is 1.79. The highest BCUT2D eigenvalue weighted by molar-refractivity contribution is 4.35. The van der Waals surface area contributed by atoms with Gasteiger partial charge < -0.3 is 10.4 Å². The molecule has 0 aromatic heterocycles. The Hall–Kier alpha value is -0.160. The van der Waals surface area contributed by atoms with Crippen LogP contribution in [0.15, 0.2) is 0 Å². The lowest BCUT2D eigenvalue weighted by atomic mass is 10.7. The van der Waals surface area contributed by atoms with E-state index in [2.05, 4.69) is 0 Å². The standard InChI is InChI=1S/C5H14N2O2/c1-3-6(8)5-7(9)4-2/h8-9H,3-5H2,1-2H3. The molecule has 0 rings (SSSR count). The molecule has 0 aromatic rings. The Morgan fingerprint density at radius 2 is 1.33 bits per heavy atom. The quantitative estimate of drug-likeness (QED) is 0.430. The first-order chi connectivity index (χ1) is 4.20. The molecule has 0 aromatic carbocycles. The van der Waals surface area contributed by atoms with Gasteiger partial charge in [0.25, 0.3) is 0 Å². The predicted molar refractivity (Wildman–Crippen MR) is 33.2 cm³/mol. The van der Waals surface area contributed by atoms with Gasteiger partial charge in [0, 0.05) is 13.1 Å². The van der Waals surface area contributed by atoms with Crippen LogP contribution in [0.4, 0.5) is 0 Å². The van der Waals surface area contributed by atoms with Crippen molar-refractivity contribution in [1.82, 2.24) is 10.1 Å². The van der Waals surface area contributed by atoms with Crippen LogP contribution < -0.4 is 0 Å². The van der Waals surface area contributed by atoms with Gasteiger partial charge >= 0.3 is 0 Å². The summed E-state index contributed by atoms with van der Waals surface area (Å²) in [5, 5.41) is 19.6. The molecule has 0 aliphatic heterocycles. The predicted octanol–water partition coefficient (Wildman–Crippen LogP) is 0.366. The number of nitrogens with zero attached hydrogens (tertiary/aromatic N) is 2. The largest absolute Gasteiger partial charge is 0.313 e. The van der Waals surface area contributed by atoms with Crippen LogP contribution in [-0.2, 0) is 0 Å². The van der Waals surface area contributed by atoms with E-state index in [1.54, 1.807) is 0 Å². The lowest BCUT2D eigenvalue weighted by Gasteiger charge is -2.17. The average molecular weight is 134 g/mol. The summed E-state index contributed by atoms with van der Waals surface area (Å²) < 4.78 is 0. The van der Waals surface area contributed by atoms with E-state index >= 15 is 0 Å². The van der Waals surface area contributed by atoms with E-state index in [9.17, 15) is 0 Å². The molecule has 2 N–H and O–H groups in total. The average Bonchev–Trinajstić information content (AvgIpc) is 1.87. The Bertz CT molecular complexity index is 62.0. The van der Waals surface area contributed by atoms with Gasteiger partial charge in [-0.1, -0.05) is 13.8 Å². The van der Waals surface area contributed by atoms with Crippen molar-refractivity contribution in [2.24, 2.45) is 0 Å². The Balaban J connectivity index is 3.22. The van der Waals surface area contributed by atoms with Crippen molar-refractivity contribution in [3.05, 3.63) is 0 Å². The van der Waals surface area contributed by atoms with Gasteiger partial charge in [-0.05, 0) is 0 Å². The summed E-state index contributed by atoms with van der Waals surface area (Å²) in [4.78, 5) is 0. The smallest absolute Gasteiger partial charge is 0.0994 e. The molecule has 0 saturated carbocycles. The molecule has 0 spiro atoms. The maximum atomic E-state index is 8.79. The van der Waals surface area contributed by atoms with E-state index in [-0.39, 0.29) is 6.67 Å². The van der Waals surface area contributed by atoms with Crippen LogP contribution in [0.3, 0.4) is 0 Å². The van der Waals surface area contributed by atoms with E-state index in [0.29, 0.717) is 13.1 Å². The monoisotopic (exact) mass is 134 g/mol. The zero-order chi connectivity index (χ0) is 7.28. The van der Waals surface area contributed by atoms with Gasteiger partial charge in [0.1, 0.15) is 0 Å². The second-order valence-electron chi connectivity index (χ2n) is 1.79. The maximum Gasteiger partial charge on any atom is 0.0994 e. The highest BCUT2D eigenvalue weighted by atomic mass is 16.5. The molecule has 56 valence electrons. The summed E-state index contributed by atoms with van der Waals surface area (Å²) in [7, 11) is 0. The molecular weight excluding hydrogens is 120 g/mol. The highest BCUT2D eigenvalue weighted by Gasteiger charge is 2.00. The Morgan fingerprint density at radius 1 is 1.00 bits per heavy atom. The maximum absolute atomic E-state index is 8.79. The van der Waals surface area contributed by atoms with Gasteiger partial charge in [0.05, 0.1) is 6.67 Å². The van der Waals surface area contributed by atoms with E-state index in [1.807, 2.05) is 13.8 Å². The van der Waals surface area contributed by atoms with Gasteiger partial charge in [0.15, 0.2) is 0 Å². The first-order valence-electron chi connectivity index (χ1n) is 3.08. The van der Waals surface area contributed by atoms with E-state index in [0.717, 1.165) is 10.1 Å². The SMILES string of the molecule is CCN(O)CN(O)CC. The first kappa shape index (κ1) is 8.84. The van der Waals surface area contributed by atoms with Crippen molar-refractivity contribution in [3.8, 4) is 0 Å². The van der Waals surface area contributed by atoms with Crippen LogP contribution >= 0.6 is 0 Å². The van der Waals surface area contributed by atoms with Crippen molar-refractivity contribution in [2.75, 3.05) is 19.8 Å². The van der Waals surface area contributed by atoms with Crippen molar-refractivity contribution in [2.45, 2.75) is 13.8 Å². The molecule has 4 heteroatoms.